The average molecular weight is 202 g/mol. The molecule has 0 heterocycles. The van der Waals surface area contributed by atoms with Gasteiger partial charge < -0.3 is 9.84 Å². The number of aliphatic hydroxyl groups is 1. The molecule has 1 aromatic carbocycles. The minimum absolute atomic E-state index is 0.0868. The molecule has 0 saturated carbocycles. The predicted octanol–water partition coefficient (Wildman–Crippen LogP) is 1.92. The average Bonchev–Trinajstić information content (AvgIpc) is 2.14. The van der Waals surface area contributed by atoms with Crippen LogP contribution in [0.5, 0.6) is 5.75 Å². The summed E-state index contributed by atoms with van der Waals surface area (Å²) in [5.74, 6) is 0.743. The first-order chi connectivity index (χ1) is 6.26. The van der Waals surface area contributed by atoms with Crippen molar-refractivity contribution in [1.82, 2.24) is 0 Å². The molecule has 2 nitrogen and oxygen atoms in total. The van der Waals surface area contributed by atoms with E-state index >= 15 is 0 Å². The number of rotatable bonds is 4. The lowest BCUT2D eigenvalue weighted by atomic mass is 10.3. The summed E-state index contributed by atoms with van der Waals surface area (Å²) in [6.07, 6.45) is 0. The molecular weight excluding hydrogens is 191 g/mol. The Labute approximate surface area is 80.7 Å². The number of benzene rings is 1. The second kappa shape index (κ2) is 5.09. The first-order valence-electron chi connectivity index (χ1n) is 3.84. The van der Waals surface area contributed by atoms with E-state index in [4.69, 9.17) is 9.84 Å². The van der Waals surface area contributed by atoms with Crippen molar-refractivity contribution < 1.29 is 14.2 Å². The Morgan fingerprint density at radius 2 is 2.23 bits per heavy atom. The van der Waals surface area contributed by atoms with Gasteiger partial charge in [-0.2, -0.15) is 0 Å². The lowest BCUT2D eigenvalue weighted by Gasteiger charge is -2.03. The largest absolute Gasteiger partial charge is 0.497 e. The molecule has 0 aliphatic carbocycles. The van der Waals surface area contributed by atoms with Crippen molar-refractivity contribution in [3.8, 4) is 5.75 Å². The van der Waals surface area contributed by atoms with Gasteiger partial charge in [0.15, 0.2) is 0 Å². The molecular formula is C9H11FO2S. The highest BCUT2D eigenvalue weighted by Crippen LogP contribution is 2.24. The summed E-state index contributed by atoms with van der Waals surface area (Å²) in [6.45, 7) is 0.0868. The molecule has 0 radical (unpaired) electrons. The van der Waals surface area contributed by atoms with E-state index in [1.165, 1.54) is 31.0 Å². The van der Waals surface area contributed by atoms with E-state index in [0.717, 1.165) is 4.90 Å². The van der Waals surface area contributed by atoms with Gasteiger partial charge in [0.2, 0.25) is 0 Å². The number of ether oxygens (including phenoxy) is 1. The summed E-state index contributed by atoms with van der Waals surface area (Å²) < 4.78 is 17.8. The topological polar surface area (TPSA) is 29.5 Å². The number of hydrogen-bond acceptors (Lipinski definition) is 3. The van der Waals surface area contributed by atoms with Crippen molar-refractivity contribution in [2.75, 3.05) is 19.5 Å². The maximum atomic E-state index is 12.9. The summed E-state index contributed by atoms with van der Waals surface area (Å²) in [7, 11) is 1.50. The summed E-state index contributed by atoms with van der Waals surface area (Å²) >= 11 is 1.39. The van der Waals surface area contributed by atoms with Crippen molar-refractivity contribution in [3.63, 3.8) is 0 Å². The molecule has 0 aromatic heterocycles. The normalized spacial score (nSPS) is 10.1. The zero-order valence-corrected chi connectivity index (χ0v) is 8.10. The molecule has 72 valence electrons. The van der Waals surface area contributed by atoms with Gasteiger partial charge in [-0.1, -0.05) is 0 Å². The van der Waals surface area contributed by atoms with Crippen LogP contribution in [0.15, 0.2) is 23.1 Å². The molecule has 0 fully saturated rings. The molecule has 0 bridgehead atoms. The van der Waals surface area contributed by atoms with Crippen LogP contribution in [0.25, 0.3) is 0 Å². The van der Waals surface area contributed by atoms with Crippen LogP contribution in [0.2, 0.25) is 0 Å². The SMILES string of the molecule is COc1cc(F)cc(SCCO)c1. The zero-order valence-electron chi connectivity index (χ0n) is 7.29. The van der Waals surface area contributed by atoms with Crippen molar-refractivity contribution >= 4 is 11.8 Å². The van der Waals surface area contributed by atoms with Gasteiger partial charge >= 0.3 is 0 Å². The fourth-order valence-corrected chi connectivity index (χ4v) is 1.62. The Kier molecular flexibility index (Phi) is 4.05. The fraction of sp³-hybridized carbons (Fsp3) is 0.333. The smallest absolute Gasteiger partial charge is 0.128 e. The van der Waals surface area contributed by atoms with E-state index in [9.17, 15) is 4.39 Å². The van der Waals surface area contributed by atoms with Crippen LogP contribution in [0.4, 0.5) is 4.39 Å². The van der Waals surface area contributed by atoms with Crippen LogP contribution in [0, 0.1) is 5.82 Å². The third kappa shape index (κ3) is 3.24. The van der Waals surface area contributed by atoms with Gasteiger partial charge in [-0.3, -0.25) is 0 Å². The Morgan fingerprint density at radius 3 is 2.85 bits per heavy atom. The van der Waals surface area contributed by atoms with Crippen LogP contribution >= 0.6 is 11.8 Å². The second-order valence-corrected chi connectivity index (χ2v) is 3.57. The van der Waals surface area contributed by atoms with Gasteiger partial charge in [0.25, 0.3) is 0 Å². The highest BCUT2D eigenvalue weighted by Gasteiger charge is 2.00. The van der Waals surface area contributed by atoms with Crippen molar-refractivity contribution in [3.05, 3.63) is 24.0 Å². The second-order valence-electron chi connectivity index (χ2n) is 2.40. The minimum atomic E-state index is -0.320. The molecule has 13 heavy (non-hydrogen) atoms. The third-order valence-corrected chi connectivity index (χ3v) is 2.40. The molecule has 1 rings (SSSR count). The highest BCUT2D eigenvalue weighted by molar-refractivity contribution is 7.99. The number of methoxy groups -OCH3 is 1. The maximum Gasteiger partial charge on any atom is 0.128 e. The Hall–Kier alpha value is -0.740. The van der Waals surface area contributed by atoms with Gasteiger partial charge in [0.1, 0.15) is 11.6 Å². The summed E-state index contributed by atoms with van der Waals surface area (Å²) in [4.78, 5) is 0.769. The highest BCUT2D eigenvalue weighted by atomic mass is 32.2. The van der Waals surface area contributed by atoms with Crippen LogP contribution in [-0.2, 0) is 0 Å². The third-order valence-electron chi connectivity index (χ3n) is 1.44. The van der Waals surface area contributed by atoms with E-state index in [1.807, 2.05) is 0 Å². The van der Waals surface area contributed by atoms with Crippen molar-refractivity contribution in [2.24, 2.45) is 0 Å². The zero-order chi connectivity index (χ0) is 9.68. The van der Waals surface area contributed by atoms with Gasteiger partial charge in [-0.15, -0.1) is 11.8 Å². The van der Waals surface area contributed by atoms with Crippen LogP contribution < -0.4 is 4.74 Å². The van der Waals surface area contributed by atoms with Crippen molar-refractivity contribution in [2.45, 2.75) is 4.90 Å². The molecule has 0 spiro atoms. The summed E-state index contributed by atoms with van der Waals surface area (Å²) in [5, 5.41) is 8.58. The molecule has 1 N–H and O–H groups in total. The Balaban J connectivity index is 2.76. The van der Waals surface area contributed by atoms with Gasteiger partial charge in [0.05, 0.1) is 13.7 Å². The van der Waals surface area contributed by atoms with Crippen LogP contribution in [-0.4, -0.2) is 24.6 Å². The fourth-order valence-electron chi connectivity index (χ4n) is 0.902. The molecule has 0 saturated heterocycles. The molecule has 4 heteroatoms. The maximum absolute atomic E-state index is 12.9. The number of aliphatic hydroxyl groups excluding tert-OH is 1. The minimum Gasteiger partial charge on any atom is -0.497 e. The van der Waals surface area contributed by atoms with Gasteiger partial charge in [0, 0.05) is 16.7 Å². The number of halogens is 1. The van der Waals surface area contributed by atoms with E-state index in [0.29, 0.717) is 11.5 Å². The molecule has 0 aliphatic rings. The lowest BCUT2D eigenvalue weighted by Crippen LogP contribution is -1.88. The molecule has 0 atom stereocenters. The first-order valence-corrected chi connectivity index (χ1v) is 4.83. The Morgan fingerprint density at radius 1 is 1.46 bits per heavy atom. The summed E-state index contributed by atoms with van der Waals surface area (Å²) in [6, 6.07) is 4.48. The van der Waals surface area contributed by atoms with E-state index in [-0.39, 0.29) is 12.4 Å². The Bertz CT molecular complexity index is 278. The molecule has 0 aliphatic heterocycles. The molecule has 1 aromatic rings. The van der Waals surface area contributed by atoms with E-state index in [1.54, 1.807) is 6.07 Å². The van der Waals surface area contributed by atoms with Gasteiger partial charge in [-0.25, -0.2) is 4.39 Å². The molecule has 0 unspecified atom stereocenters. The standard InChI is InChI=1S/C9H11FO2S/c1-12-8-4-7(10)5-9(6-8)13-3-2-11/h4-6,11H,2-3H2,1H3. The van der Waals surface area contributed by atoms with Crippen LogP contribution in [0.1, 0.15) is 0 Å². The number of thioether (sulfide) groups is 1. The van der Waals surface area contributed by atoms with E-state index in [2.05, 4.69) is 0 Å². The molecule has 0 amide bonds. The first kappa shape index (κ1) is 10.3. The quantitative estimate of drug-likeness (QED) is 0.756. The van der Waals surface area contributed by atoms with Crippen molar-refractivity contribution in [1.29, 1.82) is 0 Å². The van der Waals surface area contributed by atoms with Gasteiger partial charge in [-0.05, 0) is 12.1 Å². The summed E-state index contributed by atoms with van der Waals surface area (Å²) in [5.41, 5.74) is 0. The lowest BCUT2D eigenvalue weighted by molar-refractivity contribution is 0.322. The van der Waals surface area contributed by atoms with Crippen LogP contribution in [0.3, 0.4) is 0 Å². The van der Waals surface area contributed by atoms with E-state index < -0.39 is 0 Å². The number of hydrogen-bond donors (Lipinski definition) is 1. The predicted molar refractivity (Wildman–Crippen MR) is 50.8 cm³/mol. The monoisotopic (exact) mass is 202 g/mol.